The van der Waals surface area contributed by atoms with Crippen LogP contribution in [0.5, 0.6) is 0 Å². The van der Waals surface area contributed by atoms with Crippen LogP contribution in [-0.2, 0) is 0 Å². The van der Waals surface area contributed by atoms with E-state index in [0.717, 1.165) is 12.8 Å². The van der Waals surface area contributed by atoms with Crippen LogP contribution in [0.4, 0.5) is 0 Å². The van der Waals surface area contributed by atoms with Gasteiger partial charge in [-0.15, -0.1) is 23.2 Å². The normalized spacial score (nSPS) is 20.1. The molecule has 0 aromatic heterocycles. The maximum Gasteiger partial charge on any atom is 0.0511 e. The molecule has 0 saturated heterocycles. The van der Waals surface area contributed by atoms with E-state index in [2.05, 4.69) is 0 Å². The molecule has 0 bridgehead atoms. The van der Waals surface area contributed by atoms with Crippen molar-refractivity contribution in [3.63, 3.8) is 0 Å². The van der Waals surface area contributed by atoms with Crippen molar-refractivity contribution < 1.29 is 0 Å². The third-order valence-corrected chi connectivity index (χ3v) is 2.54. The van der Waals surface area contributed by atoms with Crippen LogP contribution in [-0.4, -0.2) is 16.8 Å². The van der Waals surface area contributed by atoms with Crippen LogP contribution < -0.4 is 5.73 Å². The predicted molar refractivity (Wildman–Crippen MR) is 47.8 cm³/mol. The summed E-state index contributed by atoms with van der Waals surface area (Å²) in [5.41, 5.74) is 5.67. The van der Waals surface area contributed by atoms with Gasteiger partial charge >= 0.3 is 0 Å². The Hall–Kier alpha value is 0.540. The summed E-state index contributed by atoms with van der Waals surface area (Å²) in [5.74, 6) is 0. The van der Waals surface area contributed by atoms with E-state index in [1.807, 2.05) is 13.8 Å². The lowest BCUT2D eigenvalue weighted by Gasteiger charge is -2.15. The lowest BCUT2D eigenvalue weighted by atomic mass is 10.1. The number of hydrogen-bond donors (Lipinski definition) is 1. The third-order valence-electron chi connectivity index (χ3n) is 1.55. The summed E-state index contributed by atoms with van der Waals surface area (Å²) in [6, 6.07) is 0.198. The Kier molecular flexibility index (Phi) is 5.51. The fourth-order valence-corrected chi connectivity index (χ4v) is 0.975. The molecule has 0 aromatic rings. The first kappa shape index (κ1) is 10.5. The number of alkyl halides is 2. The summed E-state index contributed by atoms with van der Waals surface area (Å²) < 4.78 is 0. The molecule has 0 radical (unpaired) electrons. The van der Waals surface area contributed by atoms with Crippen molar-refractivity contribution in [1.29, 1.82) is 0 Å². The smallest absolute Gasteiger partial charge is 0.0511 e. The SMILES string of the molecule is CC[C@@H](N)CC(Cl)C(C)Cl. The Bertz CT molecular complexity index is 85.7. The minimum atomic E-state index is 0.0108. The van der Waals surface area contributed by atoms with E-state index >= 15 is 0 Å². The van der Waals surface area contributed by atoms with E-state index in [-0.39, 0.29) is 16.8 Å². The highest BCUT2D eigenvalue weighted by Crippen LogP contribution is 2.15. The van der Waals surface area contributed by atoms with E-state index < -0.39 is 0 Å². The zero-order valence-electron chi connectivity index (χ0n) is 6.48. The molecule has 3 heteroatoms. The van der Waals surface area contributed by atoms with E-state index in [4.69, 9.17) is 28.9 Å². The Morgan fingerprint density at radius 2 is 1.90 bits per heavy atom. The molecule has 10 heavy (non-hydrogen) atoms. The second-order valence-electron chi connectivity index (χ2n) is 2.60. The van der Waals surface area contributed by atoms with Crippen LogP contribution >= 0.6 is 23.2 Å². The van der Waals surface area contributed by atoms with Gasteiger partial charge < -0.3 is 5.73 Å². The van der Waals surface area contributed by atoms with E-state index in [0.29, 0.717) is 0 Å². The van der Waals surface area contributed by atoms with Gasteiger partial charge in [-0.3, -0.25) is 0 Å². The maximum absolute atomic E-state index is 5.88. The minimum absolute atomic E-state index is 0.0108. The number of halogens is 2. The highest BCUT2D eigenvalue weighted by Gasteiger charge is 2.14. The summed E-state index contributed by atoms with van der Waals surface area (Å²) in [4.78, 5) is 0. The molecule has 0 aromatic carbocycles. The van der Waals surface area contributed by atoms with Gasteiger partial charge in [-0.25, -0.2) is 0 Å². The Morgan fingerprint density at radius 3 is 2.20 bits per heavy atom. The molecule has 0 rings (SSSR count). The summed E-state index contributed by atoms with van der Waals surface area (Å²) in [7, 11) is 0. The quantitative estimate of drug-likeness (QED) is 0.666. The number of hydrogen-bond acceptors (Lipinski definition) is 1. The fraction of sp³-hybridized carbons (Fsp3) is 1.00. The van der Waals surface area contributed by atoms with Crippen LogP contribution in [0.3, 0.4) is 0 Å². The molecule has 0 aliphatic heterocycles. The van der Waals surface area contributed by atoms with Crippen molar-refractivity contribution >= 4 is 23.2 Å². The Balaban J connectivity index is 3.46. The van der Waals surface area contributed by atoms with Gasteiger partial charge in [-0.2, -0.15) is 0 Å². The van der Waals surface area contributed by atoms with Gasteiger partial charge in [-0.1, -0.05) is 6.92 Å². The van der Waals surface area contributed by atoms with Gasteiger partial charge in [0.2, 0.25) is 0 Å². The standard InChI is InChI=1S/C7H15Cl2N/c1-3-6(10)4-7(9)5(2)8/h5-7H,3-4,10H2,1-2H3/t5?,6-,7?/m1/s1. The molecule has 1 nitrogen and oxygen atoms in total. The Labute approximate surface area is 72.9 Å². The first-order valence-electron chi connectivity index (χ1n) is 3.61. The molecule has 0 amide bonds. The highest BCUT2D eigenvalue weighted by atomic mass is 35.5. The van der Waals surface area contributed by atoms with Crippen LogP contribution in [0.1, 0.15) is 26.7 Å². The van der Waals surface area contributed by atoms with Crippen molar-refractivity contribution in [3.8, 4) is 0 Å². The summed E-state index contributed by atoms with van der Waals surface area (Å²) in [6.45, 7) is 3.94. The topological polar surface area (TPSA) is 26.0 Å². The van der Waals surface area contributed by atoms with Crippen molar-refractivity contribution in [2.75, 3.05) is 0 Å². The van der Waals surface area contributed by atoms with Crippen LogP contribution in [0.2, 0.25) is 0 Å². The molecule has 2 unspecified atom stereocenters. The average molecular weight is 184 g/mol. The fourth-order valence-electron chi connectivity index (χ4n) is 0.643. The molecule has 62 valence electrons. The van der Waals surface area contributed by atoms with Crippen molar-refractivity contribution in [1.82, 2.24) is 0 Å². The summed E-state index contributed by atoms with van der Waals surface area (Å²) in [6.07, 6.45) is 1.77. The summed E-state index contributed by atoms with van der Waals surface area (Å²) in [5, 5.41) is 0.0240. The largest absolute Gasteiger partial charge is 0.328 e. The Morgan fingerprint density at radius 1 is 1.40 bits per heavy atom. The molecule has 0 heterocycles. The molecular formula is C7H15Cl2N. The zero-order valence-corrected chi connectivity index (χ0v) is 7.99. The van der Waals surface area contributed by atoms with Crippen molar-refractivity contribution in [2.24, 2.45) is 5.73 Å². The van der Waals surface area contributed by atoms with Crippen molar-refractivity contribution in [3.05, 3.63) is 0 Å². The van der Waals surface area contributed by atoms with Gasteiger partial charge in [-0.05, 0) is 19.8 Å². The first-order valence-corrected chi connectivity index (χ1v) is 4.49. The maximum atomic E-state index is 5.88. The second-order valence-corrected chi connectivity index (χ2v) is 3.85. The molecule has 0 aliphatic rings. The third kappa shape index (κ3) is 4.37. The predicted octanol–water partition coefficient (Wildman–Crippen LogP) is 2.35. The molecule has 2 N–H and O–H groups in total. The van der Waals surface area contributed by atoms with E-state index in [9.17, 15) is 0 Å². The van der Waals surface area contributed by atoms with Crippen LogP contribution in [0, 0.1) is 0 Å². The van der Waals surface area contributed by atoms with Gasteiger partial charge in [0.05, 0.1) is 5.38 Å². The van der Waals surface area contributed by atoms with E-state index in [1.165, 1.54) is 0 Å². The van der Waals surface area contributed by atoms with Gasteiger partial charge in [0.1, 0.15) is 0 Å². The lowest BCUT2D eigenvalue weighted by Crippen LogP contribution is -2.26. The highest BCUT2D eigenvalue weighted by molar-refractivity contribution is 6.29. The lowest BCUT2D eigenvalue weighted by molar-refractivity contribution is 0.570. The molecule has 0 fully saturated rings. The molecule has 3 atom stereocenters. The van der Waals surface area contributed by atoms with Crippen LogP contribution in [0.15, 0.2) is 0 Å². The van der Waals surface area contributed by atoms with E-state index in [1.54, 1.807) is 0 Å². The second kappa shape index (κ2) is 5.22. The van der Waals surface area contributed by atoms with Crippen LogP contribution in [0.25, 0.3) is 0 Å². The first-order chi connectivity index (χ1) is 4.57. The summed E-state index contributed by atoms with van der Waals surface area (Å²) >= 11 is 11.6. The zero-order chi connectivity index (χ0) is 8.15. The molecular weight excluding hydrogens is 169 g/mol. The van der Waals surface area contributed by atoms with Gasteiger partial charge in [0.25, 0.3) is 0 Å². The number of nitrogens with two attached hydrogens (primary N) is 1. The molecule has 0 saturated carbocycles. The monoisotopic (exact) mass is 183 g/mol. The van der Waals surface area contributed by atoms with Gasteiger partial charge in [0.15, 0.2) is 0 Å². The number of rotatable bonds is 4. The molecule has 0 spiro atoms. The van der Waals surface area contributed by atoms with Gasteiger partial charge in [0, 0.05) is 11.4 Å². The average Bonchev–Trinajstić information content (AvgIpc) is 1.87. The molecule has 0 aliphatic carbocycles. The van der Waals surface area contributed by atoms with Crippen molar-refractivity contribution in [2.45, 2.75) is 43.5 Å². The minimum Gasteiger partial charge on any atom is -0.328 e.